The zero-order chi connectivity index (χ0) is 10.6. The van der Waals surface area contributed by atoms with Gasteiger partial charge in [0.05, 0.1) is 10.8 Å². The van der Waals surface area contributed by atoms with Gasteiger partial charge in [0.15, 0.2) is 5.78 Å². The maximum atomic E-state index is 11.4. The zero-order valence-electron chi connectivity index (χ0n) is 7.90. The summed E-state index contributed by atoms with van der Waals surface area (Å²) in [7, 11) is 0. The molecule has 0 fully saturated rings. The van der Waals surface area contributed by atoms with Gasteiger partial charge in [-0.1, -0.05) is 23.5 Å². The Labute approximate surface area is 91.0 Å². The highest BCUT2D eigenvalue weighted by atomic mass is 32.2. The lowest BCUT2D eigenvalue weighted by atomic mass is 10.2. The number of hydrogen-bond acceptors (Lipinski definition) is 5. The monoisotopic (exact) mass is 230 g/mol. The number of carbonyl (C=O) groups excluding carboxylic acids is 2. The molecule has 0 aromatic heterocycles. The van der Waals surface area contributed by atoms with E-state index in [0.717, 1.165) is 0 Å². The first kappa shape index (κ1) is 11.4. The van der Waals surface area contributed by atoms with E-state index in [4.69, 9.17) is 4.74 Å². The van der Waals surface area contributed by atoms with Gasteiger partial charge >= 0.3 is 5.97 Å². The van der Waals surface area contributed by atoms with Crippen LogP contribution in [0.5, 0.6) is 0 Å². The lowest BCUT2D eigenvalue weighted by molar-refractivity contribution is -0.139. The van der Waals surface area contributed by atoms with E-state index in [9.17, 15) is 9.59 Å². The summed E-state index contributed by atoms with van der Waals surface area (Å²) < 4.78 is 5.51. The molecule has 0 aliphatic carbocycles. The van der Waals surface area contributed by atoms with Crippen LogP contribution in [0.25, 0.3) is 0 Å². The molecule has 0 unspecified atom stereocenters. The largest absolute Gasteiger partial charge is 0.462 e. The van der Waals surface area contributed by atoms with E-state index in [1.807, 2.05) is 10.8 Å². The molecule has 0 amide bonds. The minimum atomic E-state index is -0.529. The average molecular weight is 230 g/mol. The molecular weight excluding hydrogens is 220 g/mol. The Hall–Kier alpha value is -0.680. The summed E-state index contributed by atoms with van der Waals surface area (Å²) in [4.78, 5) is 22.7. The molecule has 0 aromatic rings. The lowest BCUT2D eigenvalue weighted by Crippen LogP contribution is -2.14. The zero-order valence-corrected chi connectivity index (χ0v) is 9.54. The number of rotatable bonds is 3. The Morgan fingerprint density at radius 1 is 1.36 bits per heavy atom. The summed E-state index contributed by atoms with van der Waals surface area (Å²) >= 11 is 2.75. The number of Topliss-reactive ketones (excluding diaryl/α,β-unsaturated/α-hetero) is 1. The fourth-order valence-electron chi connectivity index (χ4n) is 0.899. The molecule has 1 aliphatic heterocycles. The van der Waals surface area contributed by atoms with Gasteiger partial charge in [0.1, 0.15) is 5.57 Å². The third-order valence-corrected chi connectivity index (χ3v) is 3.57. The van der Waals surface area contributed by atoms with Crippen LogP contribution in [0, 0.1) is 0 Å². The Balaban J connectivity index is 2.89. The van der Waals surface area contributed by atoms with E-state index >= 15 is 0 Å². The van der Waals surface area contributed by atoms with Gasteiger partial charge < -0.3 is 4.74 Å². The first-order valence-corrected chi connectivity index (χ1v) is 5.83. The highest BCUT2D eigenvalue weighted by molar-refractivity contribution is 8.27. The van der Waals surface area contributed by atoms with E-state index in [-0.39, 0.29) is 18.0 Å². The van der Waals surface area contributed by atoms with Crippen molar-refractivity contribution in [3.05, 3.63) is 20.6 Å². The van der Waals surface area contributed by atoms with Crippen LogP contribution in [0.1, 0.15) is 13.8 Å². The Morgan fingerprint density at radius 3 is 2.36 bits per heavy atom. The summed E-state index contributed by atoms with van der Waals surface area (Å²) in [5, 5.41) is 3.67. The normalized spacial score (nSPS) is 14.3. The molecular formula is C9H10O3S2. The smallest absolute Gasteiger partial charge is 0.343 e. The molecule has 0 atom stereocenters. The second-order valence-electron chi connectivity index (χ2n) is 2.45. The molecule has 0 spiro atoms. The van der Waals surface area contributed by atoms with Crippen molar-refractivity contribution in [2.45, 2.75) is 13.8 Å². The van der Waals surface area contributed by atoms with E-state index in [1.165, 1.54) is 30.4 Å². The molecule has 76 valence electrons. The van der Waals surface area contributed by atoms with Crippen LogP contribution in [-0.4, -0.2) is 18.4 Å². The number of esters is 1. The molecule has 0 radical (unpaired) electrons. The summed E-state index contributed by atoms with van der Waals surface area (Å²) in [5.41, 5.74) is 0.159. The molecule has 14 heavy (non-hydrogen) atoms. The SMILES string of the molecule is CCOC(=O)C(C(C)=O)=C1SC=CS1. The first-order chi connectivity index (χ1) is 6.66. The lowest BCUT2D eigenvalue weighted by Gasteiger charge is -2.05. The van der Waals surface area contributed by atoms with Crippen molar-refractivity contribution in [1.29, 1.82) is 0 Å². The van der Waals surface area contributed by atoms with E-state index in [0.29, 0.717) is 4.24 Å². The number of ether oxygens (including phenoxy) is 1. The fourth-order valence-corrected chi connectivity index (χ4v) is 2.84. The standard InChI is InChI=1S/C9H10O3S2/c1-3-12-8(11)7(6(2)10)9-13-4-5-14-9/h4-5H,3H2,1-2H3. The molecule has 1 rings (SSSR count). The molecule has 0 bridgehead atoms. The van der Waals surface area contributed by atoms with Crippen LogP contribution in [0.4, 0.5) is 0 Å². The van der Waals surface area contributed by atoms with Crippen molar-refractivity contribution < 1.29 is 14.3 Å². The van der Waals surface area contributed by atoms with Crippen molar-refractivity contribution >= 4 is 35.3 Å². The number of ketones is 1. The molecule has 0 saturated heterocycles. The summed E-state index contributed by atoms with van der Waals surface area (Å²) in [6, 6.07) is 0. The van der Waals surface area contributed by atoms with Crippen molar-refractivity contribution in [1.82, 2.24) is 0 Å². The third-order valence-electron chi connectivity index (χ3n) is 1.44. The minimum Gasteiger partial charge on any atom is -0.462 e. The topological polar surface area (TPSA) is 43.4 Å². The van der Waals surface area contributed by atoms with Crippen LogP contribution >= 0.6 is 23.5 Å². The Bertz CT molecular complexity index is 308. The first-order valence-electron chi connectivity index (χ1n) is 4.07. The van der Waals surface area contributed by atoms with Crippen LogP contribution < -0.4 is 0 Å². The second kappa shape index (κ2) is 5.26. The van der Waals surface area contributed by atoms with Crippen LogP contribution in [0.15, 0.2) is 20.6 Å². The van der Waals surface area contributed by atoms with Crippen molar-refractivity contribution in [3.8, 4) is 0 Å². The van der Waals surface area contributed by atoms with Gasteiger partial charge in [0.2, 0.25) is 0 Å². The highest BCUT2D eigenvalue weighted by Crippen LogP contribution is 2.40. The van der Waals surface area contributed by atoms with Gasteiger partial charge in [-0.3, -0.25) is 4.79 Å². The molecule has 0 N–H and O–H groups in total. The van der Waals surface area contributed by atoms with Crippen LogP contribution in [0.3, 0.4) is 0 Å². The molecule has 0 aromatic carbocycles. The summed E-state index contributed by atoms with van der Waals surface area (Å²) in [6.45, 7) is 3.37. The van der Waals surface area contributed by atoms with Gasteiger partial charge in [-0.15, -0.1) is 0 Å². The summed E-state index contributed by atoms with van der Waals surface area (Å²) in [6.07, 6.45) is 0. The molecule has 3 nitrogen and oxygen atoms in total. The quantitative estimate of drug-likeness (QED) is 0.322. The average Bonchev–Trinajstić information content (AvgIpc) is 2.57. The Morgan fingerprint density at radius 2 is 1.93 bits per heavy atom. The van der Waals surface area contributed by atoms with Gasteiger partial charge in [0, 0.05) is 0 Å². The van der Waals surface area contributed by atoms with Crippen molar-refractivity contribution in [2.24, 2.45) is 0 Å². The molecule has 1 heterocycles. The van der Waals surface area contributed by atoms with Gasteiger partial charge in [0.25, 0.3) is 0 Å². The maximum absolute atomic E-state index is 11.4. The van der Waals surface area contributed by atoms with Crippen LogP contribution in [-0.2, 0) is 14.3 Å². The predicted octanol–water partition coefficient (Wildman–Crippen LogP) is 2.30. The molecule has 0 saturated carbocycles. The fraction of sp³-hybridized carbons (Fsp3) is 0.333. The van der Waals surface area contributed by atoms with E-state index < -0.39 is 5.97 Å². The maximum Gasteiger partial charge on any atom is 0.343 e. The summed E-state index contributed by atoms with van der Waals surface area (Å²) in [5.74, 6) is -0.777. The van der Waals surface area contributed by atoms with E-state index in [2.05, 4.69) is 0 Å². The predicted molar refractivity (Wildman–Crippen MR) is 58.7 cm³/mol. The van der Waals surface area contributed by atoms with Gasteiger partial charge in [-0.25, -0.2) is 4.79 Å². The number of hydrogen-bond donors (Lipinski definition) is 0. The van der Waals surface area contributed by atoms with Crippen molar-refractivity contribution in [3.63, 3.8) is 0 Å². The number of carbonyl (C=O) groups is 2. The van der Waals surface area contributed by atoms with Gasteiger partial charge in [-0.05, 0) is 24.7 Å². The highest BCUT2D eigenvalue weighted by Gasteiger charge is 2.22. The van der Waals surface area contributed by atoms with Crippen LogP contribution in [0.2, 0.25) is 0 Å². The third kappa shape index (κ3) is 2.65. The second-order valence-corrected chi connectivity index (χ2v) is 4.54. The molecule has 5 heteroatoms. The van der Waals surface area contributed by atoms with E-state index in [1.54, 1.807) is 6.92 Å². The minimum absolute atomic E-state index is 0.159. The van der Waals surface area contributed by atoms with Crippen molar-refractivity contribution in [2.75, 3.05) is 6.61 Å². The van der Waals surface area contributed by atoms with Gasteiger partial charge in [-0.2, -0.15) is 0 Å². The number of thioether (sulfide) groups is 2. The molecule has 1 aliphatic rings. The Kier molecular flexibility index (Phi) is 4.28.